The fourth-order valence-electron chi connectivity index (χ4n) is 2.99. The Hall–Kier alpha value is -2.66. The van der Waals surface area contributed by atoms with Gasteiger partial charge in [0.2, 0.25) is 0 Å². The van der Waals surface area contributed by atoms with Crippen molar-refractivity contribution in [2.75, 3.05) is 11.9 Å². The molecule has 2 aromatic carbocycles. The van der Waals surface area contributed by atoms with Gasteiger partial charge in [-0.1, -0.05) is 61.9 Å². The molecule has 2 rings (SSSR count). The van der Waals surface area contributed by atoms with Gasteiger partial charge in [-0.05, 0) is 25.5 Å². The van der Waals surface area contributed by atoms with Crippen LogP contribution in [-0.2, 0) is 4.79 Å². The SMILES string of the molecule is Cc1ccc(NC(=O)NC(=O)C[NH2+][C@H](c2ccccc2)C(C)C)c(C)c1. The third-order valence-electron chi connectivity index (χ3n) is 4.34. The number of hydrogen-bond donors (Lipinski definition) is 3. The molecule has 0 bridgehead atoms. The second-order valence-electron chi connectivity index (χ2n) is 6.94. The number of carbonyl (C=O) groups is 2. The summed E-state index contributed by atoms with van der Waals surface area (Å²) in [4.78, 5) is 24.2. The smallest absolute Gasteiger partial charge is 0.326 e. The van der Waals surface area contributed by atoms with E-state index >= 15 is 0 Å². The molecule has 5 nitrogen and oxygen atoms in total. The van der Waals surface area contributed by atoms with Crippen molar-refractivity contribution in [1.29, 1.82) is 0 Å². The van der Waals surface area contributed by atoms with Gasteiger partial charge >= 0.3 is 6.03 Å². The summed E-state index contributed by atoms with van der Waals surface area (Å²) in [7, 11) is 0. The maximum Gasteiger partial charge on any atom is 0.326 e. The number of benzene rings is 2. The molecule has 0 aliphatic heterocycles. The Morgan fingerprint density at radius 1 is 1.04 bits per heavy atom. The van der Waals surface area contributed by atoms with Crippen molar-refractivity contribution in [3.8, 4) is 0 Å². The summed E-state index contributed by atoms with van der Waals surface area (Å²) >= 11 is 0. The third kappa shape index (κ3) is 5.70. The Morgan fingerprint density at radius 3 is 2.35 bits per heavy atom. The fraction of sp³-hybridized carbons (Fsp3) is 0.333. The van der Waals surface area contributed by atoms with Gasteiger partial charge in [0, 0.05) is 17.2 Å². The molecule has 5 heteroatoms. The van der Waals surface area contributed by atoms with E-state index in [0.717, 1.165) is 11.1 Å². The van der Waals surface area contributed by atoms with Crippen LogP contribution in [0.15, 0.2) is 48.5 Å². The molecule has 4 N–H and O–H groups in total. The van der Waals surface area contributed by atoms with Crippen molar-refractivity contribution in [3.63, 3.8) is 0 Å². The molecular formula is C21H28N3O2+. The zero-order chi connectivity index (χ0) is 19.1. The number of urea groups is 1. The number of nitrogens with one attached hydrogen (secondary N) is 2. The van der Waals surface area contributed by atoms with Crippen LogP contribution in [0.2, 0.25) is 0 Å². The van der Waals surface area contributed by atoms with Gasteiger partial charge in [-0.3, -0.25) is 10.1 Å². The van der Waals surface area contributed by atoms with Crippen LogP contribution in [0, 0.1) is 19.8 Å². The van der Waals surface area contributed by atoms with Crippen molar-refractivity contribution in [1.82, 2.24) is 5.32 Å². The molecule has 0 spiro atoms. The standard InChI is InChI=1S/C21H27N3O2/c1-14(2)20(17-8-6-5-7-9-17)22-13-19(25)24-21(26)23-18-11-10-15(3)12-16(18)4/h5-12,14,20,22H,13H2,1-4H3,(H2,23,24,25,26)/p+1/t20-/m0/s1. The number of carbonyl (C=O) groups excluding carboxylic acids is 2. The van der Waals surface area contributed by atoms with Crippen LogP contribution < -0.4 is 16.0 Å². The van der Waals surface area contributed by atoms with Crippen molar-refractivity contribution in [2.45, 2.75) is 33.7 Å². The molecule has 0 saturated carbocycles. The summed E-state index contributed by atoms with van der Waals surface area (Å²) in [5.74, 6) is 0.0584. The normalized spacial score (nSPS) is 11.9. The van der Waals surface area contributed by atoms with Gasteiger partial charge in [0.1, 0.15) is 6.04 Å². The van der Waals surface area contributed by atoms with E-state index in [4.69, 9.17) is 0 Å². The summed E-state index contributed by atoms with van der Waals surface area (Å²) in [6, 6.07) is 15.5. The van der Waals surface area contributed by atoms with Crippen LogP contribution in [0.5, 0.6) is 0 Å². The van der Waals surface area contributed by atoms with Crippen molar-refractivity contribution in [2.24, 2.45) is 5.92 Å². The monoisotopic (exact) mass is 354 g/mol. The van der Waals surface area contributed by atoms with Crippen molar-refractivity contribution < 1.29 is 14.9 Å². The highest BCUT2D eigenvalue weighted by atomic mass is 16.2. The van der Waals surface area contributed by atoms with Gasteiger partial charge in [0.15, 0.2) is 6.54 Å². The average Bonchev–Trinajstić information content (AvgIpc) is 2.58. The van der Waals surface area contributed by atoms with E-state index in [1.165, 1.54) is 5.56 Å². The third-order valence-corrected chi connectivity index (χ3v) is 4.34. The molecule has 0 radical (unpaired) electrons. The van der Waals surface area contributed by atoms with Gasteiger partial charge < -0.3 is 10.6 Å². The highest BCUT2D eigenvalue weighted by Gasteiger charge is 2.20. The molecule has 26 heavy (non-hydrogen) atoms. The molecule has 0 unspecified atom stereocenters. The van der Waals surface area contributed by atoms with Gasteiger partial charge in [-0.2, -0.15) is 0 Å². The second kappa shape index (κ2) is 9.15. The fourth-order valence-corrected chi connectivity index (χ4v) is 2.99. The van der Waals surface area contributed by atoms with E-state index in [0.29, 0.717) is 11.6 Å². The minimum atomic E-state index is -0.504. The van der Waals surface area contributed by atoms with Gasteiger partial charge in [-0.25, -0.2) is 4.79 Å². The molecule has 0 aliphatic carbocycles. The highest BCUT2D eigenvalue weighted by Crippen LogP contribution is 2.17. The summed E-state index contributed by atoms with van der Waals surface area (Å²) < 4.78 is 0. The minimum absolute atomic E-state index is 0.171. The molecule has 2 aromatic rings. The molecule has 138 valence electrons. The zero-order valence-electron chi connectivity index (χ0n) is 15.9. The first kappa shape index (κ1) is 19.7. The van der Waals surface area contributed by atoms with E-state index in [2.05, 4.69) is 36.6 Å². The lowest BCUT2D eigenvalue weighted by molar-refractivity contribution is -0.692. The molecule has 3 amide bonds. The van der Waals surface area contributed by atoms with Crippen LogP contribution >= 0.6 is 0 Å². The lowest BCUT2D eigenvalue weighted by Crippen LogP contribution is -2.88. The number of amides is 3. The first-order valence-corrected chi connectivity index (χ1v) is 8.93. The number of aryl methyl sites for hydroxylation is 2. The first-order valence-electron chi connectivity index (χ1n) is 8.93. The number of imide groups is 1. The van der Waals surface area contributed by atoms with Gasteiger partial charge in [0.05, 0.1) is 0 Å². The Balaban J connectivity index is 1.88. The maximum absolute atomic E-state index is 12.1. The Morgan fingerprint density at radius 2 is 1.73 bits per heavy atom. The van der Waals surface area contributed by atoms with E-state index < -0.39 is 6.03 Å². The van der Waals surface area contributed by atoms with Crippen LogP contribution in [0.25, 0.3) is 0 Å². The summed E-state index contributed by atoms with van der Waals surface area (Å²) in [5, 5.41) is 7.09. The molecule has 0 fully saturated rings. The minimum Gasteiger partial charge on any atom is -0.332 e. The van der Waals surface area contributed by atoms with Crippen LogP contribution in [0.3, 0.4) is 0 Å². The van der Waals surface area contributed by atoms with E-state index in [-0.39, 0.29) is 18.5 Å². The number of hydrogen-bond acceptors (Lipinski definition) is 2. The van der Waals surface area contributed by atoms with Crippen molar-refractivity contribution in [3.05, 3.63) is 65.2 Å². The first-order chi connectivity index (χ1) is 12.4. The Bertz CT molecular complexity index is 757. The Labute approximate surface area is 155 Å². The molecule has 1 atom stereocenters. The number of quaternary nitrogens is 1. The lowest BCUT2D eigenvalue weighted by atomic mass is 9.96. The quantitative estimate of drug-likeness (QED) is 0.746. The van der Waals surface area contributed by atoms with Crippen LogP contribution in [0.1, 0.15) is 36.6 Å². The molecular weight excluding hydrogens is 326 g/mol. The molecule has 0 saturated heterocycles. The number of anilines is 1. The predicted molar refractivity (Wildman–Crippen MR) is 104 cm³/mol. The largest absolute Gasteiger partial charge is 0.332 e. The summed E-state index contributed by atoms with van der Waals surface area (Å²) in [6.07, 6.45) is 0. The van der Waals surface area contributed by atoms with Crippen LogP contribution in [-0.4, -0.2) is 18.5 Å². The van der Waals surface area contributed by atoms with Gasteiger partial charge in [-0.15, -0.1) is 0 Å². The second-order valence-corrected chi connectivity index (χ2v) is 6.94. The molecule has 0 aliphatic rings. The topological polar surface area (TPSA) is 74.8 Å². The van der Waals surface area contributed by atoms with E-state index in [1.54, 1.807) is 0 Å². The summed E-state index contributed by atoms with van der Waals surface area (Å²) in [6.45, 7) is 8.36. The highest BCUT2D eigenvalue weighted by molar-refractivity contribution is 6.01. The predicted octanol–water partition coefficient (Wildman–Crippen LogP) is 2.91. The van der Waals surface area contributed by atoms with Gasteiger partial charge in [0.25, 0.3) is 5.91 Å². The van der Waals surface area contributed by atoms with Crippen molar-refractivity contribution >= 4 is 17.6 Å². The average molecular weight is 354 g/mol. The Kier molecular flexibility index (Phi) is 6.92. The zero-order valence-corrected chi connectivity index (χ0v) is 15.9. The summed E-state index contributed by atoms with van der Waals surface area (Å²) in [5.41, 5.74) is 3.96. The molecule has 0 aromatic heterocycles. The molecule has 0 heterocycles. The number of rotatable bonds is 6. The number of nitrogens with two attached hydrogens (primary N) is 1. The van der Waals surface area contributed by atoms with Crippen LogP contribution in [0.4, 0.5) is 10.5 Å². The lowest BCUT2D eigenvalue weighted by Gasteiger charge is -2.19. The van der Waals surface area contributed by atoms with E-state index in [1.807, 2.05) is 55.6 Å². The maximum atomic E-state index is 12.1. The van der Waals surface area contributed by atoms with E-state index in [9.17, 15) is 9.59 Å².